The van der Waals surface area contributed by atoms with Crippen LogP contribution in [0.3, 0.4) is 0 Å². The number of hydrogen-bond donors (Lipinski definition) is 2. The molecule has 1 aromatic carbocycles. The number of ether oxygens (including phenoxy) is 2. The van der Waals surface area contributed by atoms with Gasteiger partial charge >= 0.3 is 0 Å². The summed E-state index contributed by atoms with van der Waals surface area (Å²) in [6.45, 7) is 3.03. The summed E-state index contributed by atoms with van der Waals surface area (Å²) >= 11 is 0. The van der Waals surface area contributed by atoms with E-state index in [1.807, 2.05) is 0 Å². The van der Waals surface area contributed by atoms with Gasteiger partial charge in [-0.3, -0.25) is 4.79 Å². The van der Waals surface area contributed by atoms with Crippen LogP contribution in [0.5, 0.6) is 11.5 Å². The Balaban J connectivity index is 2.01. The molecule has 1 atom stereocenters. The van der Waals surface area contributed by atoms with Crippen LogP contribution in [0.15, 0.2) is 18.2 Å². The number of rotatable bonds is 4. The molecule has 98 valence electrons. The lowest BCUT2D eigenvalue weighted by molar-refractivity contribution is -0.121. The van der Waals surface area contributed by atoms with Crippen molar-refractivity contribution in [1.82, 2.24) is 5.32 Å². The fraction of sp³-hybridized carbons (Fsp3) is 0.462. The molecule has 0 aromatic heterocycles. The van der Waals surface area contributed by atoms with Gasteiger partial charge in [0.05, 0.1) is 6.10 Å². The lowest BCUT2D eigenvalue weighted by Gasteiger charge is -2.20. The molecule has 1 heterocycles. The lowest BCUT2D eigenvalue weighted by Crippen LogP contribution is -2.27. The molecule has 2 rings (SSSR count). The summed E-state index contributed by atoms with van der Waals surface area (Å²) in [4.78, 5) is 11.1. The van der Waals surface area contributed by atoms with Gasteiger partial charge in [-0.25, -0.2) is 0 Å². The van der Waals surface area contributed by atoms with Gasteiger partial charge in [0.25, 0.3) is 0 Å². The SMILES string of the molecule is CCC(=O)NCC(O)c1ccc2c(c1)OCCO2. The Bertz CT molecular complexity index is 433. The van der Waals surface area contributed by atoms with Gasteiger partial charge in [0, 0.05) is 13.0 Å². The van der Waals surface area contributed by atoms with Gasteiger partial charge in [-0.05, 0) is 17.7 Å². The Morgan fingerprint density at radius 3 is 2.83 bits per heavy atom. The predicted octanol–water partition coefficient (Wildman–Crippen LogP) is 1.02. The summed E-state index contributed by atoms with van der Waals surface area (Å²) < 4.78 is 10.8. The molecule has 5 heteroatoms. The van der Waals surface area contributed by atoms with Crippen LogP contribution in [0.4, 0.5) is 0 Å². The van der Waals surface area contributed by atoms with E-state index in [9.17, 15) is 9.90 Å². The third kappa shape index (κ3) is 2.92. The van der Waals surface area contributed by atoms with Crippen LogP contribution in [0.25, 0.3) is 0 Å². The van der Waals surface area contributed by atoms with Gasteiger partial charge in [-0.1, -0.05) is 13.0 Å². The topological polar surface area (TPSA) is 67.8 Å². The molecule has 1 unspecified atom stereocenters. The monoisotopic (exact) mass is 251 g/mol. The number of carbonyl (C=O) groups is 1. The van der Waals surface area contributed by atoms with Crippen LogP contribution in [-0.4, -0.2) is 30.8 Å². The smallest absolute Gasteiger partial charge is 0.219 e. The van der Waals surface area contributed by atoms with Crippen LogP contribution in [0.1, 0.15) is 25.0 Å². The quantitative estimate of drug-likeness (QED) is 0.838. The Morgan fingerprint density at radius 2 is 2.11 bits per heavy atom. The second kappa shape index (κ2) is 5.73. The number of fused-ring (bicyclic) bond motifs is 1. The summed E-state index contributed by atoms with van der Waals surface area (Å²) in [5.41, 5.74) is 0.704. The van der Waals surface area contributed by atoms with E-state index in [1.54, 1.807) is 25.1 Å². The zero-order valence-electron chi connectivity index (χ0n) is 10.3. The minimum Gasteiger partial charge on any atom is -0.486 e. The molecule has 18 heavy (non-hydrogen) atoms. The second-order valence-electron chi connectivity index (χ2n) is 4.08. The Kier molecular flexibility index (Phi) is 4.04. The highest BCUT2D eigenvalue weighted by molar-refractivity contribution is 5.75. The molecular formula is C13H17NO4. The average molecular weight is 251 g/mol. The number of amides is 1. The molecule has 0 aliphatic carbocycles. The van der Waals surface area contributed by atoms with Gasteiger partial charge in [0.1, 0.15) is 13.2 Å². The molecule has 1 amide bonds. The van der Waals surface area contributed by atoms with Crippen molar-refractivity contribution >= 4 is 5.91 Å². The minimum absolute atomic E-state index is 0.0772. The van der Waals surface area contributed by atoms with Crippen molar-refractivity contribution < 1.29 is 19.4 Å². The van der Waals surface area contributed by atoms with Gasteiger partial charge < -0.3 is 19.9 Å². The summed E-state index contributed by atoms with van der Waals surface area (Å²) in [6.07, 6.45) is -0.329. The number of aliphatic hydroxyl groups excluding tert-OH is 1. The van der Waals surface area contributed by atoms with E-state index in [0.717, 1.165) is 0 Å². The van der Waals surface area contributed by atoms with E-state index in [0.29, 0.717) is 36.7 Å². The van der Waals surface area contributed by atoms with E-state index in [2.05, 4.69) is 5.32 Å². The van der Waals surface area contributed by atoms with Gasteiger partial charge in [-0.15, -0.1) is 0 Å². The van der Waals surface area contributed by atoms with Crippen molar-refractivity contribution in [3.63, 3.8) is 0 Å². The molecule has 1 aliphatic heterocycles. The molecule has 0 saturated heterocycles. The number of benzene rings is 1. The first-order valence-corrected chi connectivity index (χ1v) is 6.05. The summed E-state index contributed by atoms with van der Waals surface area (Å²) in [6, 6.07) is 5.29. The van der Waals surface area contributed by atoms with Crippen molar-refractivity contribution in [2.45, 2.75) is 19.4 Å². The molecule has 1 aromatic rings. The maximum atomic E-state index is 11.1. The summed E-state index contributed by atoms with van der Waals surface area (Å²) in [5, 5.41) is 12.6. The average Bonchev–Trinajstić information content (AvgIpc) is 2.43. The highest BCUT2D eigenvalue weighted by atomic mass is 16.6. The molecule has 0 radical (unpaired) electrons. The van der Waals surface area contributed by atoms with Crippen molar-refractivity contribution in [1.29, 1.82) is 0 Å². The van der Waals surface area contributed by atoms with Crippen LogP contribution < -0.4 is 14.8 Å². The van der Waals surface area contributed by atoms with Gasteiger partial charge in [-0.2, -0.15) is 0 Å². The van der Waals surface area contributed by atoms with E-state index in [-0.39, 0.29) is 12.5 Å². The Hall–Kier alpha value is -1.75. The number of aliphatic hydroxyl groups is 1. The van der Waals surface area contributed by atoms with Crippen LogP contribution in [-0.2, 0) is 4.79 Å². The fourth-order valence-electron chi connectivity index (χ4n) is 1.72. The van der Waals surface area contributed by atoms with E-state index in [4.69, 9.17) is 9.47 Å². The molecule has 5 nitrogen and oxygen atoms in total. The Morgan fingerprint density at radius 1 is 1.39 bits per heavy atom. The van der Waals surface area contributed by atoms with Gasteiger partial charge in [0.2, 0.25) is 5.91 Å². The molecule has 0 bridgehead atoms. The third-order valence-electron chi connectivity index (χ3n) is 2.76. The molecular weight excluding hydrogens is 234 g/mol. The predicted molar refractivity (Wildman–Crippen MR) is 65.7 cm³/mol. The maximum absolute atomic E-state index is 11.1. The van der Waals surface area contributed by atoms with Crippen molar-refractivity contribution in [2.75, 3.05) is 19.8 Å². The Labute approximate surface area is 106 Å². The van der Waals surface area contributed by atoms with Crippen molar-refractivity contribution in [3.05, 3.63) is 23.8 Å². The first kappa shape index (κ1) is 12.7. The first-order chi connectivity index (χ1) is 8.70. The molecule has 0 saturated carbocycles. The minimum atomic E-state index is -0.740. The zero-order valence-corrected chi connectivity index (χ0v) is 10.3. The zero-order chi connectivity index (χ0) is 13.0. The summed E-state index contributed by atoms with van der Waals surface area (Å²) in [5.74, 6) is 1.25. The van der Waals surface area contributed by atoms with Crippen LogP contribution in [0, 0.1) is 0 Å². The van der Waals surface area contributed by atoms with E-state index in [1.165, 1.54) is 0 Å². The fourth-order valence-corrected chi connectivity index (χ4v) is 1.72. The number of nitrogens with one attached hydrogen (secondary N) is 1. The highest BCUT2D eigenvalue weighted by Crippen LogP contribution is 2.32. The maximum Gasteiger partial charge on any atom is 0.219 e. The van der Waals surface area contributed by atoms with Crippen molar-refractivity contribution in [3.8, 4) is 11.5 Å². The molecule has 2 N–H and O–H groups in total. The summed E-state index contributed by atoms with van der Waals surface area (Å²) in [7, 11) is 0. The van der Waals surface area contributed by atoms with Crippen LogP contribution >= 0.6 is 0 Å². The third-order valence-corrected chi connectivity index (χ3v) is 2.76. The molecule has 1 aliphatic rings. The van der Waals surface area contributed by atoms with Gasteiger partial charge in [0.15, 0.2) is 11.5 Å². The molecule has 0 fully saturated rings. The highest BCUT2D eigenvalue weighted by Gasteiger charge is 2.15. The largest absolute Gasteiger partial charge is 0.486 e. The second-order valence-corrected chi connectivity index (χ2v) is 4.08. The lowest BCUT2D eigenvalue weighted by atomic mass is 10.1. The normalized spacial score (nSPS) is 15.0. The standard InChI is InChI=1S/C13H17NO4/c1-2-13(16)14-8-10(15)9-3-4-11-12(7-9)18-6-5-17-11/h3-4,7,10,15H,2,5-6,8H2,1H3,(H,14,16). The number of carbonyl (C=O) groups excluding carboxylic acids is 1. The van der Waals surface area contributed by atoms with Crippen LogP contribution in [0.2, 0.25) is 0 Å². The van der Waals surface area contributed by atoms with E-state index >= 15 is 0 Å². The number of hydrogen-bond acceptors (Lipinski definition) is 4. The van der Waals surface area contributed by atoms with Crippen molar-refractivity contribution in [2.24, 2.45) is 0 Å². The van der Waals surface area contributed by atoms with E-state index < -0.39 is 6.10 Å². The molecule has 0 spiro atoms. The first-order valence-electron chi connectivity index (χ1n) is 6.05.